The van der Waals surface area contributed by atoms with Crippen molar-refractivity contribution >= 4 is 21.5 Å². The largest absolute Gasteiger partial charge is 0.373 e. The van der Waals surface area contributed by atoms with Gasteiger partial charge in [-0.2, -0.15) is 17.0 Å². The van der Waals surface area contributed by atoms with E-state index in [0.29, 0.717) is 19.6 Å². The topological polar surface area (TPSA) is 62.7 Å². The maximum Gasteiger partial charge on any atom is 0.282 e. The number of thiazole rings is 1. The zero-order valence-electron chi connectivity index (χ0n) is 12.2. The fraction of sp³-hybridized carbons (Fsp3) is 0.750. The van der Waals surface area contributed by atoms with Gasteiger partial charge in [-0.15, -0.1) is 11.3 Å². The molecule has 6 nitrogen and oxygen atoms in total. The van der Waals surface area contributed by atoms with Crippen molar-refractivity contribution in [2.45, 2.75) is 39.5 Å². The molecule has 1 aromatic heterocycles. The highest BCUT2D eigenvalue weighted by Crippen LogP contribution is 2.20. The minimum absolute atomic E-state index is 0.0763. The van der Waals surface area contributed by atoms with E-state index >= 15 is 0 Å². The standard InChI is InChI=1S/C12H21N3O3S2/c1-9-6-15(7-10(2)18-9)20(16,17)14(4)8-12-5-13-11(3)19-12/h5,9-10H,6-8H2,1-4H3. The number of nitrogens with zero attached hydrogens (tertiary/aromatic N) is 3. The molecule has 114 valence electrons. The minimum atomic E-state index is -3.45. The molecule has 0 bridgehead atoms. The fourth-order valence-corrected chi connectivity index (χ4v) is 4.72. The Balaban J connectivity index is 2.08. The number of hydrogen-bond donors (Lipinski definition) is 0. The first-order chi connectivity index (χ1) is 9.29. The molecule has 1 aliphatic rings. The van der Waals surface area contributed by atoms with E-state index in [0.717, 1.165) is 9.88 Å². The van der Waals surface area contributed by atoms with Crippen LogP contribution in [0.5, 0.6) is 0 Å². The van der Waals surface area contributed by atoms with Gasteiger partial charge < -0.3 is 4.74 Å². The van der Waals surface area contributed by atoms with Crippen molar-refractivity contribution < 1.29 is 13.2 Å². The van der Waals surface area contributed by atoms with Crippen molar-refractivity contribution in [2.24, 2.45) is 0 Å². The third kappa shape index (κ3) is 3.56. The van der Waals surface area contributed by atoms with Crippen LogP contribution in [0.3, 0.4) is 0 Å². The normalized spacial score (nSPS) is 25.2. The Morgan fingerprint density at radius 2 is 2.05 bits per heavy atom. The van der Waals surface area contributed by atoms with Crippen LogP contribution < -0.4 is 0 Å². The minimum Gasteiger partial charge on any atom is -0.373 e. The Labute approximate surface area is 124 Å². The summed E-state index contributed by atoms with van der Waals surface area (Å²) in [5.74, 6) is 0. The van der Waals surface area contributed by atoms with E-state index in [4.69, 9.17) is 4.74 Å². The van der Waals surface area contributed by atoms with Gasteiger partial charge in [0.15, 0.2) is 0 Å². The summed E-state index contributed by atoms with van der Waals surface area (Å²) >= 11 is 1.52. The first-order valence-corrected chi connectivity index (χ1v) is 8.78. The zero-order chi connectivity index (χ0) is 14.9. The van der Waals surface area contributed by atoms with Crippen LogP contribution in [0.15, 0.2) is 6.20 Å². The summed E-state index contributed by atoms with van der Waals surface area (Å²) in [6.45, 7) is 6.86. The number of hydrogen-bond acceptors (Lipinski definition) is 5. The van der Waals surface area contributed by atoms with Gasteiger partial charge in [-0.3, -0.25) is 0 Å². The molecule has 0 amide bonds. The van der Waals surface area contributed by atoms with Crippen LogP contribution in [0.2, 0.25) is 0 Å². The van der Waals surface area contributed by atoms with E-state index in [-0.39, 0.29) is 12.2 Å². The summed E-state index contributed by atoms with van der Waals surface area (Å²) in [7, 11) is -1.84. The van der Waals surface area contributed by atoms with Gasteiger partial charge in [-0.25, -0.2) is 4.98 Å². The van der Waals surface area contributed by atoms with E-state index in [1.54, 1.807) is 13.2 Å². The Morgan fingerprint density at radius 1 is 1.45 bits per heavy atom. The fourth-order valence-electron chi connectivity index (χ4n) is 2.30. The monoisotopic (exact) mass is 319 g/mol. The third-order valence-electron chi connectivity index (χ3n) is 3.15. The average molecular weight is 319 g/mol. The van der Waals surface area contributed by atoms with Crippen LogP contribution in [0.1, 0.15) is 23.7 Å². The maximum atomic E-state index is 12.6. The summed E-state index contributed by atoms with van der Waals surface area (Å²) in [5, 5.41) is 0.944. The molecule has 2 heterocycles. The van der Waals surface area contributed by atoms with E-state index in [2.05, 4.69) is 4.98 Å². The Hall–Kier alpha value is -0.540. The van der Waals surface area contributed by atoms with Gasteiger partial charge in [0.2, 0.25) is 0 Å². The molecule has 1 saturated heterocycles. The Bertz CT molecular complexity index is 548. The van der Waals surface area contributed by atoms with Gasteiger partial charge in [-0.05, 0) is 20.8 Å². The van der Waals surface area contributed by atoms with Gasteiger partial charge in [0.05, 0.1) is 23.8 Å². The van der Waals surface area contributed by atoms with Crippen LogP contribution in [0.4, 0.5) is 0 Å². The molecule has 0 aromatic carbocycles. The molecular weight excluding hydrogens is 298 g/mol. The molecule has 2 unspecified atom stereocenters. The number of rotatable bonds is 4. The highest BCUT2D eigenvalue weighted by atomic mass is 32.2. The van der Waals surface area contributed by atoms with E-state index in [9.17, 15) is 8.42 Å². The van der Waals surface area contributed by atoms with Gasteiger partial charge in [0, 0.05) is 31.2 Å². The van der Waals surface area contributed by atoms with Gasteiger partial charge in [-0.1, -0.05) is 0 Å². The molecule has 1 aromatic rings. The number of ether oxygens (including phenoxy) is 1. The first-order valence-electron chi connectivity index (χ1n) is 6.57. The van der Waals surface area contributed by atoms with E-state index in [1.165, 1.54) is 19.9 Å². The Kier molecular flexibility index (Phi) is 4.80. The quantitative estimate of drug-likeness (QED) is 0.837. The SMILES string of the molecule is Cc1ncc(CN(C)S(=O)(=O)N2CC(C)OC(C)C2)s1. The predicted octanol–water partition coefficient (Wildman–Crippen LogP) is 1.24. The molecule has 0 saturated carbocycles. The number of aryl methyl sites for hydroxylation is 1. The number of aromatic nitrogens is 1. The van der Waals surface area contributed by atoms with Crippen molar-refractivity contribution in [1.29, 1.82) is 0 Å². The second kappa shape index (κ2) is 6.07. The molecule has 8 heteroatoms. The second-order valence-electron chi connectivity index (χ2n) is 5.18. The molecular formula is C12H21N3O3S2. The summed E-state index contributed by atoms with van der Waals surface area (Å²) in [5.41, 5.74) is 0. The summed E-state index contributed by atoms with van der Waals surface area (Å²) in [6.07, 6.45) is 1.58. The van der Waals surface area contributed by atoms with Gasteiger partial charge in [0.25, 0.3) is 10.2 Å². The Morgan fingerprint density at radius 3 is 2.55 bits per heavy atom. The van der Waals surface area contributed by atoms with Gasteiger partial charge in [0.1, 0.15) is 0 Å². The zero-order valence-corrected chi connectivity index (χ0v) is 13.9. The predicted molar refractivity (Wildman–Crippen MR) is 78.8 cm³/mol. The smallest absolute Gasteiger partial charge is 0.282 e. The van der Waals surface area contributed by atoms with Crippen LogP contribution in [-0.4, -0.2) is 54.4 Å². The molecule has 0 spiro atoms. The van der Waals surface area contributed by atoms with Crippen LogP contribution in [0.25, 0.3) is 0 Å². The molecule has 0 aliphatic carbocycles. The highest BCUT2D eigenvalue weighted by Gasteiger charge is 2.33. The molecule has 1 aliphatic heterocycles. The van der Waals surface area contributed by atoms with Crippen molar-refractivity contribution in [3.63, 3.8) is 0 Å². The van der Waals surface area contributed by atoms with Crippen molar-refractivity contribution in [3.8, 4) is 0 Å². The highest BCUT2D eigenvalue weighted by molar-refractivity contribution is 7.86. The molecule has 20 heavy (non-hydrogen) atoms. The molecule has 0 radical (unpaired) electrons. The molecule has 0 N–H and O–H groups in total. The summed E-state index contributed by atoms with van der Waals surface area (Å²) in [4.78, 5) is 5.10. The lowest BCUT2D eigenvalue weighted by Crippen LogP contribution is -2.52. The number of morpholine rings is 1. The van der Waals surface area contributed by atoms with Crippen molar-refractivity contribution in [3.05, 3.63) is 16.1 Å². The molecule has 2 rings (SSSR count). The van der Waals surface area contributed by atoms with Crippen LogP contribution in [-0.2, 0) is 21.5 Å². The van der Waals surface area contributed by atoms with Crippen LogP contribution in [0, 0.1) is 6.92 Å². The molecule has 1 fully saturated rings. The summed E-state index contributed by atoms with van der Waals surface area (Å²) < 4.78 is 33.6. The maximum absolute atomic E-state index is 12.6. The van der Waals surface area contributed by atoms with Crippen LogP contribution >= 0.6 is 11.3 Å². The lowest BCUT2D eigenvalue weighted by molar-refractivity contribution is -0.0453. The lowest BCUT2D eigenvalue weighted by Gasteiger charge is -2.36. The molecule has 2 atom stereocenters. The van der Waals surface area contributed by atoms with E-state index < -0.39 is 10.2 Å². The third-order valence-corrected chi connectivity index (χ3v) is 5.92. The second-order valence-corrected chi connectivity index (χ2v) is 8.54. The summed E-state index contributed by atoms with van der Waals surface area (Å²) in [6, 6.07) is 0. The average Bonchev–Trinajstić information content (AvgIpc) is 2.73. The lowest BCUT2D eigenvalue weighted by atomic mass is 10.3. The van der Waals surface area contributed by atoms with Crippen molar-refractivity contribution in [2.75, 3.05) is 20.1 Å². The van der Waals surface area contributed by atoms with Crippen molar-refractivity contribution in [1.82, 2.24) is 13.6 Å². The van der Waals surface area contributed by atoms with Gasteiger partial charge >= 0.3 is 0 Å². The van der Waals surface area contributed by atoms with E-state index in [1.807, 2.05) is 20.8 Å². The first kappa shape index (κ1) is 15.8.